The molecule has 1 fully saturated rings. The van der Waals surface area contributed by atoms with Crippen LogP contribution in [0.4, 0.5) is 0 Å². The summed E-state index contributed by atoms with van der Waals surface area (Å²) in [5, 5.41) is 0.230. The number of sulfonamides is 1. The first-order chi connectivity index (χ1) is 8.95. The summed E-state index contributed by atoms with van der Waals surface area (Å²) in [6, 6.07) is 4.79. The summed E-state index contributed by atoms with van der Waals surface area (Å²) in [6.07, 6.45) is 0.748. The van der Waals surface area contributed by atoms with E-state index in [1.54, 1.807) is 12.1 Å². The van der Waals surface area contributed by atoms with Crippen LogP contribution in [-0.2, 0) is 14.8 Å². The van der Waals surface area contributed by atoms with Crippen molar-refractivity contribution in [3.8, 4) is 0 Å². The number of benzene rings is 1. The Labute approximate surface area is 126 Å². The summed E-state index contributed by atoms with van der Waals surface area (Å²) < 4.78 is 32.8. The second-order valence-corrected chi connectivity index (χ2v) is 7.57. The van der Waals surface area contributed by atoms with Crippen LogP contribution in [0.1, 0.15) is 13.3 Å². The lowest BCUT2D eigenvalue weighted by molar-refractivity contribution is -0.00277. The van der Waals surface area contributed by atoms with Gasteiger partial charge in [0.1, 0.15) is 4.90 Å². The van der Waals surface area contributed by atoms with E-state index >= 15 is 0 Å². The molecule has 1 heterocycles. The number of hydrogen-bond donors (Lipinski definition) is 0. The Morgan fingerprint density at radius 3 is 2.89 bits per heavy atom. The average Bonchev–Trinajstić information content (AvgIpc) is 2.38. The quantitative estimate of drug-likeness (QED) is 0.824. The molecule has 1 aromatic rings. The Balaban J connectivity index is 2.31. The van der Waals surface area contributed by atoms with Crippen LogP contribution in [0.3, 0.4) is 0 Å². The molecule has 1 saturated heterocycles. The van der Waals surface area contributed by atoms with Crippen LogP contribution in [0.5, 0.6) is 0 Å². The van der Waals surface area contributed by atoms with Crippen LogP contribution in [0.25, 0.3) is 0 Å². The molecule has 106 valence electrons. The molecule has 0 radical (unpaired) electrons. The zero-order chi connectivity index (χ0) is 14.0. The van der Waals surface area contributed by atoms with Crippen molar-refractivity contribution in [2.24, 2.45) is 0 Å². The predicted octanol–water partition coefficient (Wildman–Crippen LogP) is 2.90. The monoisotopic (exact) mass is 367 g/mol. The summed E-state index contributed by atoms with van der Waals surface area (Å²) in [7, 11) is -3.55. The molecule has 1 aliphatic heterocycles. The SMILES string of the molecule is CCC1CN(S(=O)(=O)c2ccc(Br)cc2Cl)CCO1. The second kappa shape index (κ2) is 6.10. The molecule has 2 rings (SSSR count). The normalized spacial score (nSPS) is 21.5. The van der Waals surface area contributed by atoms with Crippen molar-refractivity contribution < 1.29 is 13.2 Å². The van der Waals surface area contributed by atoms with Gasteiger partial charge in [0.15, 0.2) is 0 Å². The van der Waals surface area contributed by atoms with Crippen LogP contribution < -0.4 is 0 Å². The van der Waals surface area contributed by atoms with Gasteiger partial charge in [0.2, 0.25) is 10.0 Å². The van der Waals surface area contributed by atoms with E-state index in [1.807, 2.05) is 6.92 Å². The molecular weight excluding hydrogens is 354 g/mol. The Hall–Kier alpha value is -0.140. The minimum atomic E-state index is -3.55. The highest BCUT2D eigenvalue weighted by atomic mass is 79.9. The van der Waals surface area contributed by atoms with Gasteiger partial charge >= 0.3 is 0 Å². The first kappa shape index (κ1) is 15.3. The average molecular weight is 369 g/mol. The number of rotatable bonds is 3. The van der Waals surface area contributed by atoms with Gasteiger partial charge in [0, 0.05) is 17.6 Å². The molecule has 1 aromatic carbocycles. The molecule has 0 aromatic heterocycles. The van der Waals surface area contributed by atoms with Crippen molar-refractivity contribution in [3.05, 3.63) is 27.7 Å². The summed E-state index contributed by atoms with van der Waals surface area (Å²) in [4.78, 5) is 0.147. The van der Waals surface area contributed by atoms with Crippen LogP contribution in [0.15, 0.2) is 27.6 Å². The van der Waals surface area contributed by atoms with Crippen molar-refractivity contribution in [1.82, 2.24) is 4.31 Å². The fourth-order valence-corrected chi connectivity index (χ4v) is 4.45. The lowest BCUT2D eigenvalue weighted by Gasteiger charge is -2.31. The third-order valence-corrected chi connectivity index (χ3v) is 5.91. The third-order valence-electron chi connectivity index (χ3n) is 3.07. The van der Waals surface area contributed by atoms with Crippen LogP contribution in [0.2, 0.25) is 5.02 Å². The third kappa shape index (κ3) is 3.31. The number of halogens is 2. The van der Waals surface area contributed by atoms with Crippen molar-refractivity contribution in [1.29, 1.82) is 0 Å². The summed E-state index contributed by atoms with van der Waals surface area (Å²) in [6.45, 7) is 3.15. The van der Waals surface area contributed by atoms with Gasteiger partial charge in [-0.15, -0.1) is 0 Å². The van der Waals surface area contributed by atoms with Gasteiger partial charge in [-0.1, -0.05) is 34.5 Å². The molecule has 0 aliphatic carbocycles. The topological polar surface area (TPSA) is 46.6 Å². The highest BCUT2D eigenvalue weighted by Gasteiger charge is 2.31. The van der Waals surface area contributed by atoms with Gasteiger partial charge in [0.25, 0.3) is 0 Å². The Kier molecular flexibility index (Phi) is 4.89. The molecule has 0 saturated carbocycles. The lowest BCUT2D eigenvalue weighted by Crippen LogP contribution is -2.45. The zero-order valence-electron chi connectivity index (χ0n) is 10.5. The fourth-order valence-electron chi connectivity index (χ4n) is 1.98. The maximum absolute atomic E-state index is 12.6. The van der Waals surface area contributed by atoms with Crippen molar-refractivity contribution in [2.75, 3.05) is 19.7 Å². The Morgan fingerprint density at radius 2 is 2.26 bits per heavy atom. The van der Waals surface area contributed by atoms with Crippen LogP contribution >= 0.6 is 27.5 Å². The predicted molar refractivity (Wildman–Crippen MR) is 77.9 cm³/mol. The number of nitrogens with zero attached hydrogens (tertiary/aromatic N) is 1. The Bertz CT molecular complexity index is 564. The molecule has 0 amide bonds. The van der Waals surface area contributed by atoms with E-state index in [9.17, 15) is 8.42 Å². The maximum atomic E-state index is 12.6. The largest absolute Gasteiger partial charge is 0.375 e. The first-order valence-corrected chi connectivity index (χ1v) is 8.63. The summed E-state index contributed by atoms with van der Waals surface area (Å²) >= 11 is 9.30. The van der Waals surface area contributed by atoms with Crippen LogP contribution in [0, 0.1) is 0 Å². The molecule has 1 aliphatic rings. The molecule has 19 heavy (non-hydrogen) atoms. The van der Waals surface area contributed by atoms with E-state index in [0.717, 1.165) is 10.9 Å². The summed E-state index contributed by atoms with van der Waals surface area (Å²) in [5.41, 5.74) is 0. The zero-order valence-corrected chi connectivity index (χ0v) is 13.6. The van der Waals surface area contributed by atoms with Crippen molar-refractivity contribution in [3.63, 3.8) is 0 Å². The highest BCUT2D eigenvalue weighted by Crippen LogP contribution is 2.28. The molecule has 0 bridgehead atoms. The van der Waals surface area contributed by atoms with Gasteiger partial charge in [-0.2, -0.15) is 4.31 Å². The van der Waals surface area contributed by atoms with E-state index in [1.165, 1.54) is 10.4 Å². The van der Waals surface area contributed by atoms with E-state index < -0.39 is 10.0 Å². The van der Waals surface area contributed by atoms with Gasteiger partial charge < -0.3 is 4.74 Å². The molecule has 0 N–H and O–H groups in total. The molecule has 1 atom stereocenters. The van der Waals surface area contributed by atoms with Gasteiger partial charge in [-0.25, -0.2) is 8.42 Å². The highest BCUT2D eigenvalue weighted by molar-refractivity contribution is 9.10. The molecule has 1 unspecified atom stereocenters. The Morgan fingerprint density at radius 1 is 1.53 bits per heavy atom. The number of morpholine rings is 1. The number of ether oxygens (including phenoxy) is 1. The maximum Gasteiger partial charge on any atom is 0.244 e. The van der Waals surface area contributed by atoms with E-state index in [-0.39, 0.29) is 16.0 Å². The molecular formula is C12H15BrClNO3S. The summed E-state index contributed by atoms with van der Waals surface area (Å²) in [5.74, 6) is 0. The van der Waals surface area contributed by atoms with E-state index in [4.69, 9.17) is 16.3 Å². The standard InChI is InChI=1S/C12H15BrClNO3S/c1-2-10-8-15(5-6-18-10)19(16,17)12-4-3-9(13)7-11(12)14/h3-4,7,10H,2,5-6,8H2,1H3. The van der Waals surface area contributed by atoms with Crippen molar-refractivity contribution >= 4 is 37.6 Å². The minimum Gasteiger partial charge on any atom is -0.375 e. The molecule has 4 nitrogen and oxygen atoms in total. The lowest BCUT2D eigenvalue weighted by atomic mass is 10.2. The molecule has 7 heteroatoms. The van der Waals surface area contributed by atoms with E-state index in [0.29, 0.717) is 19.7 Å². The van der Waals surface area contributed by atoms with Crippen molar-refractivity contribution in [2.45, 2.75) is 24.3 Å². The van der Waals surface area contributed by atoms with Gasteiger partial charge in [-0.05, 0) is 24.6 Å². The fraction of sp³-hybridized carbons (Fsp3) is 0.500. The minimum absolute atomic E-state index is 0.0438. The van der Waals surface area contributed by atoms with Crippen LogP contribution in [-0.4, -0.2) is 38.5 Å². The second-order valence-electron chi connectivity index (χ2n) is 4.34. The smallest absolute Gasteiger partial charge is 0.244 e. The van der Waals surface area contributed by atoms with Gasteiger partial charge in [0.05, 0.1) is 17.7 Å². The van der Waals surface area contributed by atoms with Gasteiger partial charge in [-0.3, -0.25) is 0 Å². The first-order valence-electron chi connectivity index (χ1n) is 6.02. The van der Waals surface area contributed by atoms with E-state index in [2.05, 4.69) is 15.9 Å². The molecule has 0 spiro atoms. The number of hydrogen-bond acceptors (Lipinski definition) is 3.